The third kappa shape index (κ3) is 6.70. The number of amidine groups is 1. The van der Waals surface area contributed by atoms with Gasteiger partial charge in [-0.15, -0.1) is 0 Å². The lowest BCUT2D eigenvalue weighted by Crippen LogP contribution is -2.26. The van der Waals surface area contributed by atoms with Crippen LogP contribution in [0.5, 0.6) is 5.75 Å². The highest BCUT2D eigenvalue weighted by atomic mass is 19.3. The molecule has 3 N–H and O–H groups in total. The Morgan fingerprint density at radius 1 is 1.29 bits per heavy atom. The van der Waals surface area contributed by atoms with Gasteiger partial charge in [0.15, 0.2) is 0 Å². The van der Waals surface area contributed by atoms with Gasteiger partial charge in [-0.1, -0.05) is 26.7 Å². The number of benzene rings is 1. The number of nitrogens with one attached hydrogen (secondary N) is 1. The first-order chi connectivity index (χ1) is 14.7. The zero-order valence-electron chi connectivity index (χ0n) is 17.8. The molecule has 1 aromatic carbocycles. The molecular formula is C22H27F3N4O2. The molecule has 0 aliphatic rings. The predicted molar refractivity (Wildman–Crippen MR) is 114 cm³/mol. The first kappa shape index (κ1) is 24.2. The van der Waals surface area contributed by atoms with Crippen LogP contribution in [0.2, 0.25) is 0 Å². The highest BCUT2D eigenvalue weighted by Gasteiger charge is 2.29. The smallest absolute Gasteiger partial charge is 0.387 e. The molecule has 1 atom stereocenters. The summed E-state index contributed by atoms with van der Waals surface area (Å²) in [5.74, 6) is -0.764. The molecule has 31 heavy (non-hydrogen) atoms. The minimum atomic E-state index is -2.98. The van der Waals surface area contributed by atoms with E-state index in [1.807, 2.05) is 20.8 Å². The van der Waals surface area contributed by atoms with Gasteiger partial charge >= 0.3 is 6.61 Å². The fourth-order valence-corrected chi connectivity index (χ4v) is 3.07. The number of rotatable bonds is 10. The summed E-state index contributed by atoms with van der Waals surface area (Å²) >= 11 is 0. The molecule has 9 heteroatoms. The van der Waals surface area contributed by atoms with Crippen LogP contribution in [-0.4, -0.2) is 23.3 Å². The summed E-state index contributed by atoms with van der Waals surface area (Å²) in [5, 5.41) is 2.64. The van der Waals surface area contributed by atoms with Gasteiger partial charge in [-0.2, -0.15) is 8.78 Å². The maximum absolute atomic E-state index is 14.7. The minimum Gasteiger partial charge on any atom is -0.433 e. The normalized spacial score (nSPS) is 13.7. The van der Waals surface area contributed by atoms with E-state index in [2.05, 4.69) is 20.0 Å². The van der Waals surface area contributed by atoms with Gasteiger partial charge in [-0.05, 0) is 43.7 Å². The van der Waals surface area contributed by atoms with Crippen molar-refractivity contribution in [3.05, 3.63) is 53.6 Å². The summed E-state index contributed by atoms with van der Waals surface area (Å²) in [4.78, 5) is 20.9. The number of nitrogens with zero attached hydrogens (tertiary/aromatic N) is 2. The Kier molecular flexibility index (Phi) is 8.41. The Morgan fingerprint density at radius 2 is 2.03 bits per heavy atom. The van der Waals surface area contributed by atoms with E-state index in [0.29, 0.717) is 29.9 Å². The van der Waals surface area contributed by atoms with Crippen LogP contribution in [0, 0.1) is 5.82 Å². The molecule has 1 amide bonds. The summed E-state index contributed by atoms with van der Waals surface area (Å²) in [6.45, 7) is 2.74. The standard InChI is InChI=1S/C22H27F3N4O2/c1-4-6-11-22(3,29-19(26)5-2)16-12-14(7-9-17(16)23)28-20(30)18-10-8-15(13-27-18)31-21(24)25/h7-10,12-13,21H,4-6,11H2,1-3H3,(H2,26,29)(H,28,30). The zero-order chi connectivity index (χ0) is 23.0. The minimum absolute atomic E-state index is 0.00511. The molecule has 6 nitrogen and oxygen atoms in total. The summed E-state index contributed by atoms with van der Waals surface area (Å²) in [5.41, 5.74) is 5.74. The largest absolute Gasteiger partial charge is 0.433 e. The van der Waals surface area contributed by atoms with E-state index in [9.17, 15) is 18.0 Å². The van der Waals surface area contributed by atoms with E-state index >= 15 is 0 Å². The van der Waals surface area contributed by atoms with Crippen LogP contribution >= 0.6 is 0 Å². The Bertz CT molecular complexity index is 919. The van der Waals surface area contributed by atoms with Crippen molar-refractivity contribution in [1.29, 1.82) is 0 Å². The molecule has 0 aliphatic carbocycles. The molecule has 0 radical (unpaired) electrons. The van der Waals surface area contributed by atoms with Crippen molar-refractivity contribution in [2.75, 3.05) is 5.32 Å². The molecular weight excluding hydrogens is 409 g/mol. The molecule has 0 aliphatic heterocycles. The molecule has 2 rings (SSSR count). The van der Waals surface area contributed by atoms with Crippen LogP contribution < -0.4 is 15.8 Å². The molecule has 0 spiro atoms. The Hall–Kier alpha value is -3.10. The van der Waals surface area contributed by atoms with Gasteiger partial charge in [-0.3, -0.25) is 9.79 Å². The van der Waals surface area contributed by atoms with Crippen LogP contribution in [0.1, 0.15) is 62.5 Å². The van der Waals surface area contributed by atoms with Crippen LogP contribution in [0.3, 0.4) is 0 Å². The fraction of sp³-hybridized carbons (Fsp3) is 0.409. The average Bonchev–Trinajstić information content (AvgIpc) is 2.73. The lowest BCUT2D eigenvalue weighted by atomic mass is 9.86. The number of unbranched alkanes of at least 4 members (excludes halogenated alkanes) is 1. The third-order valence-corrected chi connectivity index (χ3v) is 4.77. The number of nitrogens with two attached hydrogens (primary N) is 1. The van der Waals surface area contributed by atoms with Crippen LogP contribution in [-0.2, 0) is 5.54 Å². The number of anilines is 1. The monoisotopic (exact) mass is 436 g/mol. The maximum Gasteiger partial charge on any atom is 0.387 e. The van der Waals surface area contributed by atoms with E-state index in [1.54, 1.807) is 0 Å². The van der Waals surface area contributed by atoms with Gasteiger partial charge in [0, 0.05) is 17.7 Å². The van der Waals surface area contributed by atoms with Crippen molar-refractivity contribution in [2.45, 2.75) is 58.6 Å². The lowest BCUT2D eigenvalue weighted by molar-refractivity contribution is -0.0500. The van der Waals surface area contributed by atoms with E-state index in [-0.39, 0.29) is 11.4 Å². The summed E-state index contributed by atoms with van der Waals surface area (Å²) in [7, 11) is 0. The summed E-state index contributed by atoms with van der Waals surface area (Å²) in [6.07, 6.45) is 3.89. The Morgan fingerprint density at radius 3 is 2.61 bits per heavy atom. The van der Waals surface area contributed by atoms with E-state index in [0.717, 1.165) is 19.0 Å². The van der Waals surface area contributed by atoms with Crippen LogP contribution in [0.25, 0.3) is 0 Å². The summed E-state index contributed by atoms with van der Waals surface area (Å²) < 4.78 is 43.4. The number of amides is 1. The van der Waals surface area contributed by atoms with Gasteiger partial charge in [0.25, 0.3) is 5.91 Å². The number of alkyl halides is 2. The van der Waals surface area contributed by atoms with Crippen molar-refractivity contribution >= 4 is 17.4 Å². The van der Waals surface area contributed by atoms with E-state index in [4.69, 9.17) is 5.73 Å². The molecule has 0 saturated heterocycles. The lowest BCUT2D eigenvalue weighted by Gasteiger charge is -2.27. The SMILES string of the molecule is CCCCC(C)(N=C(N)CC)c1cc(NC(=O)c2ccc(OC(F)F)cn2)ccc1F. The van der Waals surface area contributed by atoms with Crippen molar-refractivity contribution < 1.29 is 22.7 Å². The number of hydrogen-bond acceptors (Lipinski definition) is 4. The fourth-order valence-electron chi connectivity index (χ4n) is 3.07. The van der Waals surface area contributed by atoms with Crippen LogP contribution in [0.4, 0.5) is 18.9 Å². The second kappa shape index (κ2) is 10.8. The topological polar surface area (TPSA) is 89.6 Å². The highest BCUT2D eigenvalue weighted by Crippen LogP contribution is 2.35. The van der Waals surface area contributed by atoms with Crippen molar-refractivity contribution in [3.8, 4) is 5.75 Å². The molecule has 1 aromatic heterocycles. The van der Waals surface area contributed by atoms with Gasteiger partial charge in [0.2, 0.25) is 0 Å². The zero-order valence-corrected chi connectivity index (χ0v) is 17.8. The number of carbonyl (C=O) groups is 1. The quantitative estimate of drug-likeness (QED) is 0.393. The van der Waals surface area contributed by atoms with Crippen LogP contribution in [0.15, 0.2) is 41.5 Å². The molecule has 2 aromatic rings. The Balaban J connectivity index is 2.29. The number of carbonyl (C=O) groups excluding carboxylic acids is 1. The first-order valence-corrected chi connectivity index (χ1v) is 10.0. The van der Waals surface area contributed by atoms with E-state index in [1.165, 1.54) is 30.3 Å². The van der Waals surface area contributed by atoms with E-state index < -0.39 is 23.9 Å². The molecule has 0 bridgehead atoms. The second-order valence-electron chi connectivity index (χ2n) is 7.24. The van der Waals surface area contributed by atoms with Gasteiger partial charge in [0.1, 0.15) is 17.3 Å². The first-order valence-electron chi connectivity index (χ1n) is 10.0. The highest BCUT2D eigenvalue weighted by molar-refractivity contribution is 6.02. The van der Waals surface area contributed by atoms with Gasteiger partial charge in [-0.25, -0.2) is 9.37 Å². The number of aromatic nitrogens is 1. The van der Waals surface area contributed by atoms with Gasteiger partial charge < -0.3 is 15.8 Å². The van der Waals surface area contributed by atoms with Crippen molar-refractivity contribution in [3.63, 3.8) is 0 Å². The molecule has 168 valence electrons. The predicted octanol–water partition coefficient (Wildman–Crippen LogP) is 5.25. The van der Waals surface area contributed by atoms with Gasteiger partial charge in [0.05, 0.1) is 17.6 Å². The molecule has 1 unspecified atom stereocenters. The number of aliphatic imine (C=N–C) groups is 1. The third-order valence-electron chi connectivity index (χ3n) is 4.77. The summed E-state index contributed by atoms with van der Waals surface area (Å²) in [6, 6.07) is 6.70. The molecule has 0 saturated carbocycles. The molecule has 0 fully saturated rings. The second-order valence-corrected chi connectivity index (χ2v) is 7.24. The number of pyridine rings is 1. The van der Waals surface area contributed by atoms with Crippen molar-refractivity contribution in [2.24, 2.45) is 10.7 Å². The number of halogens is 3. The molecule has 1 heterocycles. The number of hydrogen-bond donors (Lipinski definition) is 2. The van der Waals surface area contributed by atoms with Crippen molar-refractivity contribution in [1.82, 2.24) is 4.98 Å². The Labute approximate surface area is 179 Å². The average molecular weight is 436 g/mol. The maximum atomic E-state index is 14.7. The number of ether oxygens (including phenoxy) is 1.